The third-order valence-corrected chi connectivity index (χ3v) is 5.58. The normalized spacial score (nSPS) is 11.9. The fourth-order valence-electron chi connectivity index (χ4n) is 2.12. The maximum atomic E-state index is 12.3. The second kappa shape index (κ2) is 7.91. The van der Waals surface area contributed by atoms with Gasteiger partial charge < -0.3 is 9.84 Å². The lowest BCUT2D eigenvalue weighted by atomic mass is 10.2. The van der Waals surface area contributed by atoms with E-state index in [1.165, 1.54) is 45.5 Å². The molecule has 0 saturated carbocycles. The molecule has 0 unspecified atom stereocenters. The maximum Gasteiger partial charge on any atom is 0.312 e. The van der Waals surface area contributed by atoms with Gasteiger partial charge in [0.05, 0.1) is 16.9 Å². The Hall–Kier alpha value is -2.69. The molecule has 0 spiro atoms. The van der Waals surface area contributed by atoms with Gasteiger partial charge in [0.15, 0.2) is 0 Å². The predicted molar refractivity (Wildman–Crippen MR) is 101 cm³/mol. The Kier molecular flexibility index (Phi) is 6.04. The fourth-order valence-corrected chi connectivity index (χ4v) is 3.27. The van der Waals surface area contributed by atoms with Crippen LogP contribution in [0, 0.1) is 10.1 Å². The van der Waals surface area contributed by atoms with E-state index in [0.29, 0.717) is 0 Å². The molecule has 0 aliphatic heterocycles. The number of benzene rings is 2. The lowest BCUT2D eigenvalue weighted by Gasteiger charge is -2.13. The van der Waals surface area contributed by atoms with Gasteiger partial charge in [0.1, 0.15) is 11.4 Å². The molecule has 0 atom stereocenters. The molecule has 0 radical (unpaired) electrons. The van der Waals surface area contributed by atoms with E-state index in [2.05, 4.69) is 4.99 Å². The van der Waals surface area contributed by atoms with Crippen LogP contribution in [-0.2, 0) is 10.0 Å². The summed E-state index contributed by atoms with van der Waals surface area (Å²) in [5.74, 6) is -0.329. The summed E-state index contributed by atoms with van der Waals surface area (Å²) in [5, 5.41) is 21.0. The lowest BCUT2D eigenvalue weighted by molar-refractivity contribution is -0.385. The number of phenols is 1. The Morgan fingerprint density at radius 3 is 2.52 bits per heavy atom. The highest BCUT2D eigenvalue weighted by atomic mass is 35.5. The number of halogens is 1. The van der Waals surface area contributed by atoms with Crippen molar-refractivity contribution in [2.75, 3.05) is 21.2 Å². The second-order valence-electron chi connectivity index (χ2n) is 5.50. The zero-order valence-corrected chi connectivity index (χ0v) is 16.2. The summed E-state index contributed by atoms with van der Waals surface area (Å²) in [5.41, 5.74) is -0.417. The molecule has 11 heteroatoms. The number of phenolic OH excluding ortho intramolecular Hbond substituents is 1. The Morgan fingerprint density at radius 1 is 1.30 bits per heavy atom. The van der Waals surface area contributed by atoms with E-state index in [0.717, 1.165) is 16.6 Å². The topological polar surface area (TPSA) is 122 Å². The van der Waals surface area contributed by atoms with Crippen LogP contribution in [0.4, 0.5) is 11.4 Å². The Balaban J connectivity index is 2.56. The summed E-state index contributed by atoms with van der Waals surface area (Å²) >= 11 is 5.84. The van der Waals surface area contributed by atoms with Gasteiger partial charge in [0.25, 0.3) is 0 Å². The highest BCUT2D eigenvalue weighted by Crippen LogP contribution is 2.34. The van der Waals surface area contributed by atoms with Crippen molar-refractivity contribution in [1.29, 1.82) is 0 Å². The van der Waals surface area contributed by atoms with Gasteiger partial charge in [-0.1, -0.05) is 11.6 Å². The van der Waals surface area contributed by atoms with Crippen LogP contribution in [0.2, 0.25) is 5.02 Å². The first-order valence-electron chi connectivity index (χ1n) is 7.39. The molecule has 9 nitrogen and oxygen atoms in total. The predicted octanol–water partition coefficient (Wildman–Crippen LogP) is 2.96. The number of sulfonamides is 1. The van der Waals surface area contributed by atoms with E-state index < -0.39 is 26.4 Å². The molecule has 0 aliphatic rings. The van der Waals surface area contributed by atoms with Crippen LogP contribution in [0.3, 0.4) is 0 Å². The van der Waals surface area contributed by atoms with Crippen LogP contribution >= 0.6 is 11.6 Å². The van der Waals surface area contributed by atoms with E-state index in [1.54, 1.807) is 0 Å². The van der Waals surface area contributed by atoms with Crippen molar-refractivity contribution >= 4 is 39.2 Å². The van der Waals surface area contributed by atoms with Crippen molar-refractivity contribution in [1.82, 2.24) is 4.31 Å². The number of aromatic hydroxyl groups is 1. The number of nitro groups is 1. The first kappa shape index (κ1) is 20.6. The zero-order chi connectivity index (χ0) is 20.4. The third-order valence-electron chi connectivity index (χ3n) is 3.55. The van der Waals surface area contributed by atoms with Crippen molar-refractivity contribution in [3.63, 3.8) is 0 Å². The molecule has 1 N–H and O–H groups in total. The van der Waals surface area contributed by atoms with Gasteiger partial charge >= 0.3 is 5.69 Å². The first-order valence-corrected chi connectivity index (χ1v) is 9.21. The van der Waals surface area contributed by atoms with Crippen LogP contribution in [0.15, 0.2) is 40.2 Å². The van der Waals surface area contributed by atoms with Gasteiger partial charge in [-0.25, -0.2) is 12.7 Å². The smallest absolute Gasteiger partial charge is 0.312 e. The summed E-state index contributed by atoms with van der Waals surface area (Å²) in [6.07, 6.45) is 1.14. The van der Waals surface area contributed by atoms with E-state index >= 15 is 0 Å². The average molecular weight is 414 g/mol. The number of aliphatic imine (C=N–C) groups is 1. The van der Waals surface area contributed by atoms with Gasteiger partial charge in [-0.3, -0.25) is 15.1 Å². The summed E-state index contributed by atoms with van der Waals surface area (Å²) in [6, 6.07) is 6.40. The van der Waals surface area contributed by atoms with Gasteiger partial charge in [-0.15, -0.1) is 0 Å². The van der Waals surface area contributed by atoms with E-state index in [-0.39, 0.29) is 26.9 Å². The molecule has 0 heterocycles. The first-order chi connectivity index (χ1) is 12.6. The molecular weight excluding hydrogens is 398 g/mol. The molecule has 0 aromatic heterocycles. The van der Waals surface area contributed by atoms with Crippen molar-refractivity contribution in [2.45, 2.75) is 4.90 Å². The monoisotopic (exact) mass is 413 g/mol. The summed E-state index contributed by atoms with van der Waals surface area (Å²) in [4.78, 5) is 14.3. The Bertz CT molecular complexity index is 1020. The quantitative estimate of drug-likeness (QED) is 0.441. The number of rotatable bonds is 6. The lowest BCUT2D eigenvalue weighted by Crippen LogP contribution is -2.22. The minimum absolute atomic E-state index is 0.00266. The minimum Gasteiger partial charge on any atom is -0.502 e. The van der Waals surface area contributed by atoms with Gasteiger partial charge in [0.2, 0.25) is 15.8 Å². The zero-order valence-electron chi connectivity index (χ0n) is 14.6. The third kappa shape index (κ3) is 4.35. The molecule has 2 aromatic carbocycles. The molecule has 0 bridgehead atoms. The molecule has 2 rings (SSSR count). The molecule has 144 valence electrons. The maximum absolute atomic E-state index is 12.3. The van der Waals surface area contributed by atoms with Crippen LogP contribution in [-0.4, -0.2) is 50.2 Å². The summed E-state index contributed by atoms with van der Waals surface area (Å²) < 4.78 is 30.8. The molecule has 0 amide bonds. The van der Waals surface area contributed by atoms with Crippen LogP contribution in [0.25, 0.3) is 0 Å². The highest BCUT2D eigenvalue weighted by molar-refractivity contribution is 7.89. The van der Waals surface area contributed by atoms with Crippen molar-refractivity contribution in [3.05, 3.63) is 51.0 Å². The number of methoxy groups -OCH3 is 1. The van der Waals surface area contributed by atoms with Crippen LogP contribution in [0.1, 0.15) is 5.56 Å². The number of nitrogens with zero attached hydrogens (tertiary/aromatic N) is 3. The van der Waals surface area contributed by atoms with Crippen LogP contribution in [0.5, 0.6) is 11.5 Å². The number of hydrogen-bond acceptors (Lipinski definition) is 7. The molecule has 0 saturated heterocycles. The van der Waals surface area contributed by atoms with E-state index in [4.69, 9.17) is 16.3 Å². The van der Waals surface area contributed by atoms with Crippen LogP contribution < -0.4 is 4.74 Å². The summed E-state index contributed by atoms with van der Waals surface area (Å²) in [6.45, 7) is 0. The summed E-state index contributed by atoms with van der Waals surface area (Å²) in [7, 11) is 0.478. The van der Waals surface area contributed by atoms with Crippen molar-refractivity contribution < 1.29 is 23.2 Å². The average Bonchev–Trinajstić information content (AvgIpc) is 2.61. The van der Waals surface area contributed by atoms with Gasteiger partial charge in [-0.05, 0) is 24.3 Å². The molecule has 2 aromatic rings. The minimum atomic E-state index is -3.70. The van der Waals surface area contributed by atoms with Crippen molar-refractivity contribution in [3.8, 4) is 11.5 Å². The standard InChI is InChI=1S/C16H16ClN3O6S/c1-19(2)27(24,25)12-4-5-15(26-3)13(8-12)18-9-10-6-11(17)7-14(16(10)21)20(22)23/h4-9,21H,1-3H3. The van der Waals surface area contributed by atoms with Gasteiger partial charge in [-0.2, -0.15) is 0 Å². The van der Waals surface area contributed by atoms with Crippen molar-refractivity contribution in [2.24, 2.45) is 4.99 Å². The second-order valence-corrected chi connectivity index (χ2v) is 8.09. The van der Waals surface area contributed by atoms with E-state index in [9.17, 15) is 23.6 Å². The number of ether oxygens (including phenoxy) is 1. The molecular formula is C16H16ClN3O6S. The fraction of sp³-hybridized carbons (Fsp3) is 0.188. The largest absolute Gasteiger partial charge is 0.502 e. The molecule has 0 aliphatic carbocycles. The SMILES string of the molecule is COc1ccc(S(=O)(=O)N(C)C)cc1N=Cc1cc(Cl)cc([N+](=O)[O-])c1O. The Morgan fingerprint density at radius 2 is 1.96 bits per heavy atom. The van der Waals surface area contributed by atoms with E-state index in [1.807, 2.05) is 0 Å². The van der Waals surface area contributed by atoms with Gasteiger partial charge in [0, 0.05) is 37.0 Å². The number of hydrogen-bond donors (Lipinski definition) is 1. The highest BCUT2D eigenvalue weighted by Gasteiger charge is 2.20. The molecule has 0 fully saturated rings. The Labute approximate surface area is 160 Å². The molecule has 27 heavy (non-hydrogen) atoms. The number of nitro benzene ring substituents is 1.